The lowest BCUT2D eigenvalue weighted by atomic mass is 9.98. The molecule has 0 N–H and O–H groups in total. The molecule has 1 nitrogen and oxygen atoms in total. The minimum Gasteiger partial charge on any atom is -0.276 e. The van der Waals surface area contributed by atoms with E-state index in [-0.39, 0.29) is 5.24 Å². The highest BCUT2D eigenvalue weighted by atomic mass is 35.5. The van der Waals surface area contributed by atoms with Crippen LogP contribution in [0.15, 0.2) is 18.2 Å². The van der Waals surface area contributed by atoms with Crippen LogP contribution < -0.4 is 0 Å². The van der Waals surface area contributed by atoms with Crippen LogP contribution in [0.3, 0.4) is 0 Å². The minimum absolute atomic E-state index is 0.339. The summed E-state index contributed by atoms with van der Waals surface area (Å²) in [6.07, 6.45) is 6.78. The maximum Gasteiger partial charge on any atom is 0.252 e. The van der Waals surface area contributed by atoms with Crippen molar-refractivity contribution < 1.29 is 4.79 Å². The zero-order chi connectivity index (χ0) is 12.7. The van der Waals surface area contributed by atoms with Gasteiger partial charge in [0, 0.05) is 5.56 Å². The number of carbonyl (C=O) groups is 1. The number of carbonyl (C=O) groups excluding carboxylic acids is 1. The van der Waals surface area contributed by atoms with Crippen LogP contribution in [-0.4, -0.2) is 5.24 Å². The van der Waals surface area contributed by atoms with Crippen molar-refractivity contribution in [1.82, 2.24) is 0 Å². The summed E-state index contributed by atoms with van der Waals surface area (Å²) in [6.45, 7) is 4.32. The smallest absolute Gasteiger partial charge is 0.252 e. The summed E-state index contributed by atoms with van der Waals surface area (Å²) in [7, 11) is 0. The van der Waals surface area contributed by atoms with E-state index in [1.54, 1.807) is 0 Å². The highest BCUT2D eigenvalue weighted by molar-refractivity contribution is 6.67. The average molecular weight is 253 g/mol. The largest absolute Gasteiger partial charge is 0.276 e. The first-order chi connectivity index (χ1) is 8.19. The molecule has 0 fully saturated rings. The van der Waals surface area contributed by atoms with E-state index in [0.717, 1.165) is 24.8 Å². The lowest BCUT2D eigenvalue weighted by Gasteiger charge is -2.08. The SMILES string of the molecule is CCCCCc1ccc(C(=O)Cl)c(CCC)c1. The lowest BCUT2D eigenvalue weighted by molar-refractivity contribution is 0.108. The van der Waals surface area contributed by atoms with E-state index in [1.165, 1.54) is 24.8 Å². The van der Waals surface area contributed by atoms with Gasteiger partial charge < -0.3 is 0 Å². The molecule has 0 amide bonds. The molecule has 1 rings (SSSR count). The molecule has 0 heterocycles. The molecule has 94 valence electrons. The number of benzene rings is 1. The Morgan fingerprint density at radius 2 is 1.88 bits per heavy atom. The lowest BCUT2D eigenvalue weighted by Crippen LogP contribution is -1.99. The second-order valence-electron chi connectivity index (χ2n) is 4.47. The molecule has 0 radical (unpaired) electrons. The molecular weight excluding hydrogens is 232 g/mol. The van der Waals surface area contributed by atoms with E-state index in [4.69, 9.17) is 11.6 Å². The molecule has 0 aliphatic carbocycles. The van der Waals surface area contributed by atoms with Gasteiger partial charge in [-0.25, -0.2) is 0 Å². The summed E-state index contributed by atoms with van der Waals surface area (Å²) in [5.41, 5.74) is 3.10. The van der Waals surface area contributed by atoms with E-state index in [1.807, 2.05) is 12.1 Å². The first-order valence-corrected chi connectivity index (χ1v) is 6.88. The van der Waals surface area contributed by atoms with Crippen LogP contribution in [0.25, 0.3) is 0 Å². The average Bonchev–Trinajstić information content (AvgIpc) is 2.30. The standard InChI is InChI=1S/C15H21ClO/c1-3-5-6-8-12-9-10-14(15(16)17)13(11-12)7-4-2/h9-11H,3-8H2,1-2H3. The van der Waals surface area contributed by atoms with Crippen LogP contribution in [0.2, 0.25) is 0 Å². The predicted octanol–water partition coefficient (Wildman–Crippen LogP) is 4.75. The van der Waals surface area contributed by atoms with Crippen LogP contribution in [0, 0.1) is 0 Å². The van der Waals surface area contributed by atoms with Gasteiger partial charge in [-0.15, -0.1) is 0 Å². The van der Waals surface area contributed by atoms with Crippen molar-refractivity contribution in [2.75, 3.05) is 0 Å². The molecule has 0 spiro atoms. The van der Waals surface area contributed by atoms with Gasteiger partial charge in [-0.3, -0.25) is 4.79 Å². The van der Waals surface area contributed by atoms with Gasteiger partial charge in [0.25, 0.3) is 5.24 Å². The van der Waals surface area contributed by atoms with Crippen LogP contribution in [0.4, 0.5) is 0 Å². The van der Waals surface area contributed by atoms with Gasteiger partial charge in [0.15, 0.2) is 0 Å². The van der Waals surface area contributed by atoms with E-state index >= 15 is 0 Å². The molecule has 0 bridgehead atoms. The van der Waals surface area contributed by atoms with Crippen LogP contribution in [0.1, 0.15) is 61.0 Å². The molecule has 0 saturated heterocycles. The summed E-state index contributed by atoms with van der Waals surface area (Å²) < 4.78 is 0. The van der Waals surface area contributed by atoms with Crippen LogP contribution in [0.5, 0.6) is 0 Å². The molecule has 17 heavy (non-hydrogen) atoms. The number of rotatable bonds is 7. The summed E-state index contributed by atoms with van der Waals surface area (Å²) in [5.74, 6) is 0. The Morgan fingerprint density at radius 1 is 1.12 bits per heavy atom. The molecule has 0 atom stereocenters. The number of hydrogen-bond donors (Lipinski definition) is 0. The Kier molecular flexibility index (Phi) is 6.28. The number of hydrogen-bond acceptors (Lipinski definition) is 1. The highest BCUT2D eigenvalue weighted by Crippen LogP contribution is 2.18. The van der Waals surface area contributed by atoms with Crippen molar-refractivity contribution >= 4 is 16.8 Å². The van der Waals surface area contributed by atoms with Gasteiger partial charge in [-0.1, -0.05) is 45.2 Å². The number of halogens is 1. The van der Waals surface area contributed by atoms with Crippen molar-refractivity contribution in [3.05, 3.63) is 34.9 Å². The van der Waals surface area contributed by atoms with E-state index < -0.39 is 0 Å². The third-order valence-corrected chi connectivity index (χ3v) is 3.17. The van der Waals surface area contributed by atoms with Gasteiger partial charge in [0.2, 0.25) is 0 Å². The number of unbranched alkanes of at least 4 members (excludes halogenated alkanes) is 2. The van der Waals surface area contributed by atoms with Gasteiger partial charge >= 0.3 is 0 Å². The quantitative estimate of drug-likeness (QED) is 0.506. The van der Waals surface area contributed by atoms with Crippen molar-refractivity contribution in [3.8, 4) is 0 Å². The fraction of sp³-hybridized carbons (Fsp3) is 0.533. The fourth-order valence-electron chi connectivity index (χ4n) is 2.05. The molecule has 0 saturated carbocycles. The maximum absolute atomic E-state index is 11.3. The van der Waals surface area contributed by atoms with Crippen LogP contribution >= 0.6 is 11.6 Å². The third kappa shape index (κ3) is 4.51. The molecular formula is C15H21ClO. The molecule has 0 aliphatic rings. The van der Waals surface area contributed by atoms with E-state index in [2.05, 4.69) is 19.9 Å². The van der Waals surface area contributed by atoms with Crippen molar-refractivity contribution in [2.45, 2.75) is 52.4 Å². The Labute approximate surface area is 109 Å². The first kappa shape index (κ1) is 14.2. The fourth-order valence-corrected chi connectivity index (χ4v) is 2.23. The molecule has 0 unspecified atom stereocenters. The monoisotopic (exact) mass is 252 g/mol. The Hall–Kier alpha value is -0.820. The van der Waals surface area contributed by atoms with E-state index in [0.29, 0.717) is 5.56 Å². The zero-order valence-electron chi connectivity index (χ0n) is 10.8. The first-order valence-electron chi connectivity index (χ1n) is 6.50. The van der Waals surface area contributed by atoms with Gasteiger partial charge in [-0.05, 0) is 48.1 Å². The Morgan fingerprint density at radius 3 is 2.47 bits per heavy atom. The summed E-state index contributed by atoms with van der Waals surface area (Å²) >= 11 is 5.58. The second-order valence-corrected chi connectivity index (χ2v) is 4.82. The summed E-state index contributed by atoms with van der Waals surface area (Å²) in [6, 6.07) is 6.06. The Bertz CT molecular complexity index is 371. The Balaban J connectivity index is 2.81. The second kappa shape index (κ2) is 7.50. The highest BCUT2D eigenvalue weighted by Gasteiger charge is 2.09. The normalized spacial score (nSPS) is 10.5. The van der Waals surface area contributed by atoms with Crippen LogP contribution in [-0.2, 0) is 12.8 Å². The van der Waals surface area contributed by atoms with Gasteiger partial charge in [0.1, 0.15) is 0 Å². The topological polar surface area (TPSA) is 17.1 Å². The third-order valence-electron chi connectivity index (χ3n) is 2.97. The van der Waals surface area contributed by atoms with Crippen molar-refractivity contribution in [1.29, 1.82) is 0 Å². The predicted molar refractivity (Wildman–Crippen MR) is 73.8 cm³/mol. The molecule has 1 aromatic rings. The maximum atomic E-state index is 11.3. The summed E-state index contributed by atoms with van der Waals surface area (Å²) in [4.78, 5) is 11.3. The van der Waals surface area contributed by atoms with Crippen molar-refractivity contribution in [3.63, 3.8) is 0 Å². The van der Waals surface area contributed by atoms with Gasteiger partial charge in [0.05, 0.1) is 0 Å². The molecule has 0 aromatic heterocycles. The number of aryl methyl sites for hydroxylation is 2. The summed E-state index contributed by atoms with van der Waals surface area (Å²) in [5, 5.41) is -0.339. The molecule has 2 heteroatoms. The van der Waals surface area contributed by atoms with E-state index in [9.17, 15) is 4.79 Å². The minimum atomic E-state index is -0.339. The molecule has 0 aliphatic heterocycles. The van der Waals surface area contributed by atoms with Gasteiger partial charge in [-0.2, -0.15) is 0 Å². The zero-order valence-corrected chi connectivity index (χ0v) is 11.5. The van der Waals surface area contributed by atoms with Crippen molar-refractivity contribution in [2.24, 2.45) is 0 Å². The molecule has 1 aromatic carbocycles.